The predicted octanol–water partition coefficient (Wildman–Crippen LogP) is 3.56. The Hall–Kier alpha value is -2.75. The van der Waals surface area contributed by atoms with E-state index in [-0.39, 0.29) is 0 Å². The highest BCUT2D eigenvalue weighted by Gasteiger charge is 2.11. The van der Waals surface area contributed by atoms with Crippen LogP contribution in [0.15, 0.2) is 53.2 Å². The fourth-order valence-corrected chi connectivity index (χ4v) is 2.48. The topological polar surface area (TPSA) is 67.8 Å². The highest BCUT2D eigenvalue weighted by Crippen LogP contribution is 2.33. The zero-order valence-electron chi connectivity index (χ0n) is 10.1. The molecule has 0 aliphatic heterocycles. The van der Waals surface area contributed by atoms with Gasteiger partial charge in [0.05, 0.1) is 5.39 Å². The molecule has 4 aromatic rings. The lowest BCUT2D eigenvalue weighted by molar-refractivity contribution is 0.460. The molecule has 4 rings (SSSR count). The second-order valence-corrected chi connectivity index (χ2v) is 4.53. The maximum Gasteiger partial charge on any atom is 0.175 e. The molecule has 0 unspecified atom stereocenters. The van der Waals surface area contributed by atoms with Crippen molar-refractivity contribution in [3.05, 3.63) is 48.7 Å². The molecule has 0 spiro atoms. The second kappa shape index (κ2) is 3.62. The minimum absolute atomic E-state index is 0.430. The Morgan fingerprint density at radius 1 is 1.11 bits per heavy atom. The van der Waals surface area contributed by atoms with E-state index in [4.69, 9.17) is 10.3 Å². The number of aromatic nitrogens is 2. The summed E-state index contributed by atoms with van der Waals surface area (Å²) in [6.45, 7) is 0. The maximum atomic E-state index is 5.90. The summed E-state index contributed by atoms with van der Waals surface area (Å²) in [6.07, 6.45) is 1.93. The zero-order valence-corrected chi connectivity index (χ0v) is 10.1. The largest absolute Gasteiger partial charge is 0.380 e. The molecule has 0 aliphatic rings. The molecule has 2 heterocycles. The molecule has 2 aromatic carbocycles. The molecule has 4 nitrogen and oxygen atoms in total. The molecule has 0 fully saturated rings. The number of nitrogens with two attached hydrogens (primary N) is 1. The quantitative estimate of drug-likeness (QED) is 0.542. The van der Waals surface area contributed by atoms with Gasteiger partial charge >= 0.3 is 0 Å². The van der Waals surface area contributed by atoms with Crippen molar-refractivity contribution in [3.63, 3.8) is 0 Å². The number of H-pyrrole nitrogens is 1. The number of rotatable bonds is 1. The van der Waals surface area contributed by atoms with Crippen LogP contribution in [0.2, 0.25) is 0 Å². The van der Waals surface area contributed by atoms with Crippen molar-refractivity contribution in [2.75, 3.05) is 5.73 Å². The van der Waals surface area contributed by atoms with E-state index in [1.807, 2.05) is 24.4 Å². The number of hydrogen-bond acceptors (Lipinski definition) is 3. The Bertz CT molecular complexity index is 889. The van der Waals surface area contributed by atoms with Crippen molar-refractivity contribution in [2.45, 2.75) is 0 Å². The number of benzene rings is 2. The van der Waals surface area contributed by atoms with Crippen LogP contribution in [0.25, 0.3) is 33.0 Å². The number of nitrogen functional groups attached to an aromatic ring is 1. The van der Waals surface area contributed by atoms with Crippen LogP contribution in [0.4, 0.5) is 5.82 Å². The van der Waals surface area contributed by atoms with Crippen LogP contribution in [0.5, 0.6) is 0 Å². The van der Waals surface area contributed by atoms with Crippen molar-refractivity contribution in [3.8, 4) is 11.1 Å². The summed E-state index contributed by atoms with van der Waals surface area (Å²) in [6, 6.07) is 14.2. The fraction of sp³-hybridized carbons (Fsp3) is 0. The Morgan fingerprint density at radius 3 is 3.00 bits per heavy atom. The molecular weight excluding hydrogens is 238 g/mol. The third kappa shape index (κ3) is 1.43. The lowest BCUT2D eigenvalue weighted by Gasteiger charge is -2.03. The lowest BCUT2D eigenvalue weighted by Crippen LogP contribution is -1.86. The summed E-state index contributed by atoms with van der Waals surface area (Å²) in [5.74, 6) is 0.430. The third-order valence-electron chi connectivity index (χ3n) is 3.39. The van der Waals surface area contributed by atoms with E-state index in [1.54, 1.807) is 0 Å². The van der Waals surface area contributed by atoms with Gasteiger partial charge in [0.2, 0.25) is 0 Å². The van der Waals surface area contributed by atoms with Crippen molar-refractivity contribution in [1.82, 2.24) is 10.1 Å². The number of aromatic amines is 1. The van der Waals surface area contributed by atoms with Gasteiger partial charge in [-0.05, 0) is 40.8 Å². The van der Waals surface area contributed by atoms with E-state index >= 15 is 0 Å². The second-order valence-electron chi connectivity index (χ2n) is 4.53. The van der Waals surface area contributed by atoms with E-state index in [9.17, 15) is 0 Å². The molecule has 4 heteroatoms. The van der Waals surface area contributed by atoms with Crippen LogP contribution < -0.4 is 5.73 Å². The maximum absolute atomic E-state index is 5.90. The number of nitrogens with one attached hydrogen (secondary N) is 1. The van der Waals surface area contributed by atoms with Crippen LogP contribution >= 0.6 is 0 Å². The first kappa shape index (κ1) is 10.2. The molecule has 0 saturated carbocycles. The molecule has 0 bridgehead atoms. The molecule has 19 heavy (non-hydrogen) atoms. The predicted molar refractivity (Wildman–Crippen MR) is 75.7 cm³/mol. The van der Waals surface area contributed by atoms with Gasteiger partial charge in [0.1, 0.15) is 0 Å². The summed E-state index contributed by atoms with van der Waals surface area (Å²) in [5.41, 5.74) is 9.87. The number of nitrogens with zero attached hydrogens (tertiary/aromatic N) is 1. The van der Waals surface area contributed by atoms with Gasteiger partial charge in [0.25, 0.3) is 0 Å². The van der Waals surface area contributed by atoms with Crippen LogP contribution in [0.3, 0.4) is 0 Å². The van der Waals surface area contributed by atoms with Gasteiger partial charge in [-0.15, -0.1) is 0 Å². The summed E-state index contributed by atoms with van der Waals surface area (Å²) in [5, 5.41) is 5.87. The van der Waals surface area contributed by atoms with Crippen LogP contribution in [0, 0.1) is 0 Å². The molecular formula is C15H11N3O. The molecule has 3 N–H and O–H groups in total. The number of hydrogen-bond donors (Lipinski definition) is 2. The van der Waals surface area contributed by atoms with Crippen LogP contribution in [-0.4, -0.2) is 10.1 Å². The van der Waals surface area contributed by atoms with E-state index in [1.165, 1.54) is 5.39 Å². The average molecular weight is 249 g/mol. The first-order valence-electron chi connectivity index (χ1n) is 6.04. The minimum atomic E-state index is 0.430. The first-order valence-corrected chi connectivity index (χ1v) is 6.04. The van der Waals surface area contributed by atoms with Crippen molar-refractivity contribution in [1.29, 1.82) is 0 Å². The van der Waals surface area contributed by atoms with E-state index in [0.29, 0.717) is 11.4 Å². The smallest absolute Gasteiger partial charge is 0.175 e. The highest BCUT2D eigenvalue weighted by molar-refractivity contribution is 6.01. The van der Waals surface area contributed by atoms with Gasteiger partial charge in [-0.2, -0.15) is 0 Å². The molecule has 0 amide bonds. The SMILES string of the molecule is Nc1noc2cccc(-c3ccc4[nH]ccc4c3)c12. The summed E-state index contributed by atoms with van der Waals surface area (Å²) < 4.78 is 5.20. The standard InChI is InChI=1S/C15H11N3O/c16-15-14-11(2-1-3-13(14)19-18-15)9-4-5-12-10(8-9)6-7-17-12/h1-8,17H,(H2,16,18). The summed E-state index contributed by atoms with van der Waals surface area (Å²) >= 11 is 0. The molecule has 0 radical (unpaired) electrons. The van der Waals surface area contributed by atoms with Gasteiger partial charge in [-0.1, -0.05) is 23.4 Å². The molecule has 92 valence electrons. The van der Waals surface area contributed by atoms with Gasteiger partial charge in [0.15, 0.2) is 11.4 Å². The molecule has 0 aliphatic carbocycles. The normalized spacial score (nSPS) is 11.4. The Kier molecular flexibility index (Phi) is 1.94. The minimum Gasteiger partial charge on any atom is -0.380 e. The fourth-order valence-electron chi connectivity index (χ4n) is 2.48. The van der Waals surface area contributed by atoms with Crippen LogP contribution in [0.1, 0.15) is 0 Å². The summed E-state index contributed by atoms with van der Waals surface area (Å²) in [4.78, 5) is 3.19. The van der Waals surface area contributed by atoms with Crippen molar-refractivity contribution in [2.24, 2.45) is 0 Å². The highest BCUT2D eigenvalue weighted by atomic mass is 16.5. The number of anilines is 1. The Morgan fingerprint density at radius 2 is 2.05 bits per heavy atom. The zero-order chi connectivity index (χ0) is 12.8. The lowest BCUT2D eigenvalue weighted by atomic mass is 10.0. The third-order valence-corrected chi connectivity index (χ3v) is 3.39. The van der Waals surface area contributed by atoms with Crippen molar-refractivity contribution >= 4 is 27.7 Å². The molecule has 0 atom stereocenters. The van der Waals surface area contributed by atoms with E-state index < -0.39 is 0 Å². The van der Waals surface area contributed by atoms with Crippen molar-refractivity contribution < 1.29 is 4.52 Å². The van der Waals surface area contributed by atoms with Gasteiger partial charge in [-0.3, -0.25) is 0 Å². The average Bonchev–Trinajstić information content (AvgIpc) is 3.05. The molecule has 2 aromatic heterocycles. The molecule has 0 saturated heterocycles. The summed E-state index contributed by atoms with van der Waals surface area (Å²) in [7, 11) is 0. The van der Waals surface area contributed by atoms with Gasteiger partial charge in [0, 0.05) is 11.7 Å². The van der Waals surface area contributed by atoms with Gasteiger partial charge < -0.3 is 15.2 Å². The van der Waals surface area contributed by atoms with Crippen LogP contribution in [-0.2, 0) is 0 Å². The van der Waals surface area contributed by atoms with Gasteiger partial charge in [-0.25, -0.2) is 0 Å². The Labute approximate surface area is 108 Å². The first-order chi connectivity index (χ1) is 9.33. The monoisotopic (exact) mass is 249 g/mol. The Balaban J connectivity index is 2.05. The van der Waals surface area contributed by atoms with E-state index in [2.05, 4.69) is 34.4 Å². The number of fused-ring (bicyclic) bond motifs is 2. The van der Waals surface area contributed by atoms with E-state index in [0.717, 1.165) is 22.0 Å².